The predicted octanol–water partition coefficient (Wildman–Crippen LogP) is 2.38. The minimum absolute atomic E-state index is 0.0825. The number of ether oxygens (including phenoxy) is 1. The van der Waals surface area contributed by atoms with Crippen molar-refractivity contribution in [2.45, 2.75) is 38.3 Å². The molecule has 26 heavy (non-hydrogen) atoms. The highest BCUT2D eigenvalue weighted by molar-refractivity contribution is 7.89. The van der Waals surface area contributed by atoms with Crippen LogP contribution in [-0.2, 0) is 21.4 Å². The van der Waals surface area contributed by atoms with Crippen LogP contribution in [0, 0.1) is 6.92 Å². The number of hydrogen-bond donors (Lipinski definition) is 2. The van der Waals surface area contributed by atoms with Crippen molar-refractivity contribution in [2.24, 2.45) is 0 Å². The van der Waals surface area contributed by atoms with Gasteiger partial charge in [0, 0.05) is 6.54 Å². The third-order valence-electron chi connectivity index (χ3n) is 3.76. The van der Waals surface area contributed by atoms with Gasteiger partial charge in [0.05, 0.1) is 17.5 Å². The van der Waals surface area contributed by atoms with Crippen molar-refractivity contribution in [1.29, 1.82) is 0 Å². The van der Waals surface area contributed by atoms with Crippen LogP contribution in [0.1, 0.15) is 25.0 Å². The largest absolute Gasteiger partial charge is 0.494 e. The predicted molar refractivity (Wildman–Crippen MR) is 100 cm³/mol. The first kappa shape index (κ1) is 19.9. The normalized spacial score (nSPS) is 12.4. The summed E-state index contributed by atoms with van der Waals surface area (Å²) < 4.78 is 32.5. The molecule has 140 valence electrons. The molecule has 0 saturated heterocycles. The fourth-order valence-electron chi connectivity index (χ4n) is 2.28. The molecule has 0 heterocycles. The lowest BCUT2D eigenvalue weighted by Crippen LogP contribution is -2.44. The van der Waals surface area contributed by atoms with E-state index < -0.39 is 16.1 Å². The van der Waals surface area contributed by atoms with Crippen LogP contribution in [0.5, 0.6) is 5.75 Å². The van der Waals surface area contributed by atoms with E-state index >= 15 is 0 Å². The Morgan fingerprint density at radius 1 is 1.08 bits per heavy atom. The third kappa shape index (κ3) is 5.57. The molecule has 6 nitrogen and oxygen atoms in total. The third-order valence-corrected chi connectivity index (χ3v) is 5.31. The van der Waals surface area contributed by atoms with E-state index in [1.807, 2.05) is 38.1 Å². The SMILES string of the molecule is CCOc1ccc(S(=O)(=O)N[C@@H](C)C(=O)NCc2ccc(C)cc2)cc1. The van der Waals surface area contributed by atoms with Gasteiger partial charge in [-0.05, 0) is 50.6 Å². The van der Waals surface area contributed by atoms with E-state index in [0.717, 1.165) is 11.1 Å². The molecule has 2 N–H and O–H groups in total. The van der Waals surface area contributed by atoms with Gasteiger partial charge in [-0.2, -0.15) is 4.72 Å². The van der Waals surface area contributed by atoms with Gasteiger partial charge in [-0.1, -0.05) is 29.8 Å². The molecule has 0 unspecified atom stereocenters. The van der Waals surface area contributed by atoms with E-state index in [-0.39, 0.29) is 10.8 Å². The molecule has 0 aliphatic rings. The summed E-state index contributed by atoms with van der Waals surface area (Å²) in [6.45, 7) is 6.19. The molecule has 2 aromatic carbocycles. The van der Waals surface area contributed by atoms with Crippen molar-refractivity contribution in [3.05, 3.63) is 59.7 Å². The van der Waals surface area contributed by atoms with E-state index in [1.165, 1.54) is 19.1 Å². The van der Waals surface area contributed by atoms with Gasteiger partial charge in [-0.15, -0.1) is 0 Å². The first-order valence-electron chi connectivity index (χ1n) is 8.40. The molecule has 2 aromatic rings. The molecule has 1 atom stereocenters. The van der Waals surface area contributed by atoms with Gasteiger partial charge in [0.25, 0.3) is 0 Å². The Labute approximate surface area is 154 Å². The number of nitrogens with one attached hydrogen (secondary N) is 2. The van der Waals surface area contributed by atoms with Crippen molar-refractivity contribution < 1.29 is 17.9 Å². The Kier molecular flexibility index (Phi) is 6.76. The first-order valence-corrected chi connectivity index (χ1v) is 9.88. The minimum atomic E-state index is -3.79. The second-order valence-electron chi connectivity index (χ2n) is 5.95. The van der Waals surface area contributed by atoms with Crippen LogP contribution >= 0.6 is 0 Å². The fourth-order valence-corrected chi connectivity index (χ4v) is 3.49. The smallest absolute Gasteiger partial charge is 0.241 e. The Morgan fingerprint density at radius 2 is 1.69 bits per heavy atom. The Morgan fingerprint density at radius 3 is 2.27 bits per heavy atom. The zero-order chi connectivity index (χ0) is 19.2. The van der Waals surface area contributed by atoms with E-state index in [1.54, 1.807) is 12.1 Å². The number of benzene rings is 2. The quantitative estimate of drug-likeness (QED) is 0.741. The average molecular weight is 376 g/mol. The van der Waals surface area contributed by atoms with Crippen LogP contribution in [-0.4, -0.2) is 27.0 Å². The zero-order valence-electron chi connectivity index (χ0n) is 15.2. The number of carbonyl (C=O) groups is 1. The lowest BCUT2D eigenvalue weighted by Gasteiger charge is -2.15. The summed E-state index contributed by atoms with van der Waals surface area (Å²) in [7, 11) is -3.79. The van der Waals surface area contributed by atoms with Crippen LogP contribution in [0.3, 0.4) is 0 Å². The average Bonchev–Trinajstić information content (AvgIpc) is 2.61. The lowest BCUT2D eigenvalue weighted by molar-refractivity contribution is -0.122. The molecule has 1 amide bonds. The van der Waals surface area contributed by atoms with Gasteiger partial charge >= 0.3 is 0 Å². The molecular weight excluding hydrogens is 352 g/mol. The Hall–Kier alpha value is -2.38. The number of amides is 1. The summed E-state index contributed by atoms with van der Waals surface area (Å²) >= 11 is 0. The highest BCUT2D eigenvalue weighted by Crippen LogP contribution is 2.16. The van der Waals surface area contributed by atoms with E-state index in [4.69, 9.17) is 4.74 Å². The van der Waals surface area contributed by atoms with E-state index in [2.05, 4.69) is 10.0 Å². The van der Waals surface area contributed by atoms with Crippen LogP contribution < -0.4 is 14.8 Å². The van der Waals surface area contributed by atoms with Crippen molar-refractivity contribution >= 4 is 15.9 Å². The van der Waals surface area contributed by atoms with Gasteiger partial charge in [0.2, 0.25) is 15.9 Å². The van der Waals surface area contributed by atoms with Gasteiger partial charge < -0.3 is 10.1 Å². The standard InChI is InChI=1S/C19H24N2O4S/c1-4-25-17-9-11-18(12-10-17)26(23,24)21-15(3)19(22)20-13-16-7-5-14(2)6-8-16/h5-12,15,21H,4,13H2,1-3H3,(H,20,22)/t15-/m0/s1. The minimum Gasteiger partial charge on any atom is -0.494 e. The van der Waals surface area contributed by atoms with Crippen LogP contribution in [0.15, 0.2) is 53.4 Å². The topological polar surface area (TPSA) is 84.5 Å². The molecular formula is C19H24N2O4S. The lowest BCUT2D eigenvalue weighted by atomic mass is 10.1. The molecule has 0 saturated carbocycles. The van der Waals surface area contributed by atoms with Gasteiger partial charge in [0.15, 0.2) is 0 Å². The monoisotopic (exact) mass is 376 g/mol. The number of sulfonamides is 1. The second-order valence-corrected chi connectivity index (χ2v) is 7.66. The van der Waals surface area contributed by atoms with Crippen LogP contribution in [0.2, 0.25) is 0 Å². The Balaban J connectivity index is 1.94. The second kappa shape index (κ2) is 8.82. The highest BCUT2D eigenvalue weighted by Gasteiger charge is 2.21. The number of aryl methyl sites for hydroxylation is 1. The van der Waals surface area contributed by atoms with E-state index in [9.17, 15) is 13.2 Å². The van der Waals surface area contributed by atoms with Crippen molar-refractivity contribution in [1.82, 2.24) is 10.0 Å². The van der Waals surface area contributed by atoms with Gasteiger partial charge in [0.1, 0.15) is 5.75 Å². The molecule has 0 aliphatic carbocycles. The van der Waals surface area contributed by atoms with Crippen LogP contribution in [0.25, 0.3) is 0 Å². The van der Waals surface area contributed by atoms with Crippen molar-refractivity contribution in [3.8, 4) is 5.75 Å². The summed E-state index contributed by atoms with van der Waals surface area (Å²) in [4.78, 5) is 12.3. The maximum atomic E-state index is 12.4. The number of hydrogen-bond acceptors (Lipinski definition) is 4. The summed E-state index contributed by atoms with van der Waals surface area (Å²) in [6, 6.07) is 12.9. The highest BCUT2D eigenvalue weighted by atomic mass is 32.2. The van der Waals surface area contributed by atoms with Crippen molar-refractivity contribution in [3.63, 3.8) is 0 Å². The van der Waals surface area contributed by atoms with E-state index in [0.29, 0.717) is 18.9 Å². The summed E-state index contributed by atoms with van der Waals surface area (Å²) in [5.74, 6) is 0.204. The fraction of sp³-hybridized carbons (Fsp3) is 0.316. The number of carbonyl (C=O) groups excluding carboxylic acids is 1. The molecule has 7 heteroatoms. The molecule has 0 fully saturated rings. The molecule has 0 spiro atoms. The zero-order valence-corrected chi connectivity index (χ0v) is 16.0. The Bertz CT molecular complexity index is 831. The molecule has 2 rings (SSSR count). The first-order chi connectivity index (χ1) is 12.3. The summed E-state index contributed by atoms with van der Waals surface area (Å²) in [6.07, 6.45) is 0. The molecule has 0 bridgehead atoms. The van der Waals surface area contributed by atoms with Crippen LogP contribution in [0.4, 0.5) is 0 Å². The maximum Gasteiger partial charge on any atom is 0.241 e. The molecule has 0 aromatic heterocycles. The molecule has 0 radical (unpaired) electrons. The maximum absolute atomic E-state index is 12.4. The van der Waals surface area contributed by atoms with Gasteiger partial charge in [-0.3, -0.25) is 4.79 Å². The number of rotatable bonds is 8. The summed E-state index contributed by atoms with van der Waals surface area (Å²) in [5, 5.41) is 2.73. The van der Waals surface area contributed by atoms with Gasteiger partial charge in [-0.25, -0.2) is 8.42 Å². The van der Waals surface area contributed by atoms with Crippen molar-refractivity contribution in [2.75, 3.05) is 6.61 Å². The summed E-state index contributed by atoms with van der Waals surface area (Å²) in [5.41, 5.74) is 2.09. The molecule has 0 aliphatic heterocycles.